The Hall–Kier alpha value is -2.31. The molecule has 0 radical (unpaired) electrons. The van der Waals surface area contributed by atoms with Crippen molar-refractivity contribution >= 4 is 32.4 Å². The topological polar surface area (TPSA) is 46.6 Å². The third-order valence-electron chi connectivity index (χ3n) is 4.58. The Kier molecular flexibility index (Phi) is 5.22. The lowest BCUT2D eigenvalue weighted by Gasteiger charge is -2.15. The van der Waals surface area contributed by atoms with Gasteiger partial charge in [-0.3, -0.25) is 4.90 Å². The van der Waals surface area contributed by atoms with Crippen LogP contribution >= 0.6 is 11.3 Å². The average Bonchev–Trinajstić information content (AvgIpc) is 3.31. The first-order valence-electron chi connectivity index (χ1n) is 8.97. The molecule has 1 saturated heterocycles. The number of likely N-dealkylation sites (tertiary alicyclic amines) is 1. The van der Waals surface area contributed by atoms with Crippen molar-refractivity contribution in [2.24, 2.45) is 0 Å². The molecular weight excluding hydrogens is 346 g/mol. The van der Waals surface area contributed by atoms with Crippen LogP contribution in [0.4, 0.5) is 10.8 Å². The third-order valence-corrected chi connectivity index (χ3v) is 5.53. The van der Waals surface area contributed by atoms with Crippen molar-refractivity contribution in [1.29, 1.82) is 0 Å². The lowest BCUT2D eigenvalue weighted by Crippen LogP contribution is -2.25. The minimum Gasteiger partial charge on any atom is -0.497 e. The number of thiazole rings is 1. The summed E-state index contributed by atoms with van der Waals surface area (Å²) in [6.07, 6.45) is 2.64. The highest BCUT2D eigenvalue weighted by Crippen LogP contribution is 2.31. The number of hydrogen-bond donors (Lipinski definition) is 1. The second-order valence-corrected chi connectivity index (χ2v) is 7.43. The maximum Gasteiger partial charge on any atom is 0.188 e. The van der Waals surface area contributed by atoms with Gasteiger partial charge in [-0.15, -0.1) is 0 Å². The molecule has 5 nitrogen and oxygen atoms in total. The van der Waals surface area contributed by atoms with Gasteiger partial charge in [0.15, 0.2) is 5.13 Å². The van der Waals surface area contributed by atoms with Crippen LogP contribution in [0.2, 0.25) is 0 Å². The molecule has 2 heterocycles. The van der Waals surface area contributed by atoms with E-state index in [0.717, 1.165) is 45.7 Å². The molecule has 1 N–H and O–H groups in total. The summed E-state index contributed by atoms with van der Waals surface area (Å²) in [6, 6.07) is 14.0. The minimum atomic E-state index is 0.743. The molecule has 6 heteroatoms. The Morgan fingerprint density at radius 3 is 2.62 bits per heavy atom. The fourth-order valence-electron chi connectivity index (χ4n) is 3.14. The van der Waals surface area contributed by atoms with Crippen molar-refractivity contribution in [3.05, 3.63) is 42.5 Å². The first kappa shape index (κ1) is 17.1. The van der Waals surface area contributed by atoms with E-state index in [1.54, 1.807) is 18.4 Å². The maximum atomic E-state index is 5.85. The summed E-state index contributed by atoms with van der Waals surface area (Å²) in [4.78, 5) is 7.08. The van der Waals surface area contributed by atoms with Crippen LogP contribution in [0.1, 0.15) is 12.8 Å². The van der Waals surface area contributed by atoms with Crippen LogP contribution in [0.3, 0.4) is 0 Å². The van der Waals surface area contributed by atoms with Crippen molar-refractivity contribution < 1.29 is 9.47 Å². The molecule has 136 valence electrons. The van der Waals surface area contributed by atoms with E-state index >= 15 is 0 Å². The smallest absolute Gasteiger partial charge is 0.188 e. The number of rotatable bonds is 7. The average molecular weight is 369 g/mol. The van der Waals surface area contributed by atoms with Gasteiger partial charge in [0, 0.05) is 18.3 Å². The Morgan fingerprint density at radius 1 is 1.08 bits per heavy atom. The maximum absolute atomic E-state index is 5.85. The van der Waals surface area contributed by atoms with E-state index in [0.29, 0.717) is 0 Å². The van der Waals surface area contributed by atoms with E-state index in [2.05, 4.69) is 15.2 Å². The van der Waals surface area contributed by atoms with Gasteiger partial charge >= 0.3 is 0 Å². The van der Waals surface area contributed by atoms with Crippen LogP contribution < -0.4 is 14.8 Å². The third kappa shape index (κ3) is 4.08. The van der Waals surface area contributed by atoms with Gasteiger partial charge in [0.25, 0.3) is 0 Å². The van der Waals surface area contributed by atoms with Crippen molar-refractivity contribution in [2.45, 2.75) is 12.8 Å². The Labute approximate surface area is 157 Å². The summed E-state index contributed by atoms with van der Waals surface area (Å²) in [7, 11) is 1.67. The molecule has 1 aliphatic rings. The number of methoxy groups -OCH3 is 1. The molecule has 1 aliphatic heterocycles. The highest BCUT2D eigenvalue weighted by molar-refractivity contribution is 7.22. The summed E-state index contributed by atoms with van der Waals surface area (Å²) in [6.45, 7) is 4.17. The van der Waals surface area contributed by atoms with Crippen LogP contribution in [-0.4, -0.2) is 43.2 Å². The molecule has 2 aromatic carbocycles. The van der Waals surface area contributed by atoms with Crippen LogP contribution in [0, 0.1) is 0 Å². The molecular formula is C20H23N3O2S. The molecule has 0 unspecified atom stereocenters. The molecule has 4 rings (SSSR count). The molecule has 26 heavy (non-hydrogen) atoms. The number of nitrogens with one attached hydrogen (secondary N) is 1. The summed E-state index contributed by atoms with van der Waals surface area (Å²) in [5, 5.41) is 4.23. The molecule has 0 saturated carbocycles. The van der Waals surface area contributed by atoms with E-state index in [1.807, 2.05) is 42.5 Å². The molecule has 0 spiro atoms. The van der Waals surface area contributed by atoms with Crippen LogP contribution in [0.5, 0.6) is 11.5 Å². The Morgan fingerprint density at radius 2 is 1.85 bits per heavy atom. The molecule has 0 atom stereocenters. The number of aromatic nitrogens is 1. The van der Waals surface area contributed by atoms with Gasteiger partial charge < -0.3 is 14.8 Å². The van der Waals surface area contributed by atoms with Crippen molar-refractivity contribution in [3.63, 3.8) is 0 Å². The standard InChI is InChI=1S/C20H23N3O2S/c1-24-17-8-9-19-18(14-17)22-20(26-19)21-15-4-6-16(7-5-15)25-13-12-23-10-2-3-11-23/h4-9,14H,2-3,10-13H2,1H3,(H,21,22). The summed E-state index contributed by atoms with van der Waals surface area (Å²) >= 11 is 1.63. The van der Waals surface area contributed by atoms with Gasteiger partial charge in [-0.05, 0) is 62.3 Å². The predicted octanol–water partition coefficient (Wildman–Crippen LogP) is 4.52. The van der Waals surface area contributed by atoms with Crippen LogP contribution in [0.25, 0.3) is 10.2 Å². The van der Waals surface area contributed by atoms with Gasteiger partial charge in [-0.2, -0.15) is 0 Å². The number of fused-ring (bicyclic) bond motifs is 1. The summed E-state index contributed by atoms with van der Waals surface area (Å²) in [5.74, 6) is 1.73. The normalized spacial score (nSPS) is 14.7. The molecule has 0 amide bonds. The van der Waals surface area contributed by atoms with Crippen LogP contribution in [0.15, 0.2) is 42.5 Å². The molecule has 1 aromatic heterocycles. The number of nitrogens with zero attached hydrogens (tertiary/aromatic N) is 2. The number of anilines is 2. The molecule has 3 aromatic rings. The number of hydrogen-bond acceptors (Lipinski definition) is 6. The quantitative estimate of drug-likeness (QED) is 0.663. The highest BCUT2D eigenvalue weighted by Gasteiger charge is 2.10. The lowest BCUT2D eigenvalue weighted by atomic mass is 10.3. The molecule has 1 fully saturated rings. The first-order valence-corrected chi connectivity index (χ1v) is 9.79. The van der Waals surface area contributed by atoms with Gasteiger partial charge in [-0.1, -0.05) is 11.3 Å². The second-order valence-electron chi connectivity index (χ2n) is 6.40. The van der Waals surface area contributed by atoms with Gasteiger partial charge in [0.1, 0.15) is 18.1 Å². The van der Waals surface area contributed by atoms with E-state index < -0.39 is 0 Å². The van der Waals surface area contributed by atoms with E-state index in [-0.39, 0.29) is 0 Å². The highest BCUT2D eigenvalue weighted by atomic mass is 32.1. The predicted molar refractivity (Wildman–Crippen MR) is 107 cm³/mol. The Balaban J connectivity index is 1.34. The van der Waals surface area contributed by atoms with E-state index in [9.17, 15) is 0 Å². The number of ether oxygens (including phenoxy) is 2. The fourth-order valence-corrected chi connectivity index (χ4v) is 4.01. The van der Waals surface area contributed by atoms with E-state index in [4.69, 9.17) is 9.47 Å². The SMILES string of the molecule is COc1ccc2sc(Nc3ccc(OCCN4CCCC4)cc3)nc2c1. The zero-order chi connectivity index (χ0) is 17.8. The van der Waals surface area contributed by atoms with Gasteiger partial charge in [0.2, 0.25) is 0 Å². The van der Waals surface area contributed by atoms with Crippen molar-refractivity contribution in [3.8, 4) is 11.5 Å². The van der Waals surface area contributed by atoms with Crippen LogP contribution in [-0.2, 0) is 0 Å². The monoisotopic (exact) mass is 369 g/mol. The van der Waals surface area contributed by atoms with Gasteiger partial charge in [-0.25, -0.2) is 4.98 Å². The largest absolute Gasteiger partial charge is 0.497 e. The minimum absolute atomic E-state index is 0.743. The Bertz CT molecular complexity index is 857. The zero-order valence-electron chi connectivity index (χ0n) is 14.9. The molecule has 0 bridgehead atoms. The second kappa shape index (κ2) is 7.93. The first-order chi connectivity index (χ1) is 12.8. The summed E-state index contributed by atoms with van der Waals surface area (Å²) in [5.41, 5.74) is 1.95. The van der Waals surface area contributed by atoms with E-state index in [1.165, 1.54) is 25.9 Å². The van der Waals surface area contributed by atoms with Crippen molar-refractivity contribution in [1.82, 2.24) is 9.88 Å². The summed E-state index contributed by atoms with van der Waals surface area (Å²) < 4.78 is 12.2. The zero-order valence-corrected chi connectivity index (χ0v) is 15.7. The van der Waals surface area contributed by atoms with Crippen molar-refractivity contribution in [2.75, 3.05) is 38.7 Å². The van der Waals surface area contributed by atoms with Gasteiger partial charge in [0.05, 0.1) is 17.3 Å². The number of benzene rings is 2. The fraction of sp³-hybridized carbons (Fsp3) is 0.350. The molecule has 0 aliphatic carbocycles. The lowest BCUT2D eigenvalue weighted by molar-refractivity contribution is 0.238.